The molecular weight excluding hydrogens is 494 g/mol. The Hall–Kier alpha value is -5.50. The number of aromatic nitrogens is 2. The van der Waals surface area contributed by atoms with Crippen molar-refractivity contribution in [3.8, 4) is 11.3 Å². The van der Waals surface area contributed by atoms with Gasteiger partial charge in [0.2, 0.25) is 0 Å². The number of carbonyl (C=O) groups is 4. The zero-order valence-electron chi connectivity index (χ0n) is 20.4. The maximum Gasteiger partial charge on any atom is 0.339 e. The van der Waals surface area contributed by atoms with Gasteiger partial charge in [-0.1, -0.05) is 54.6 Å². The number of esters is 1. The van der Waals surface area contributed by atoms with Gasteiger partial charge in [-0.3, -0.25) is 19.4 Å². The molecule has 8 heteroatoms. The molecule has 0 fully saturated rings. The van der Waals surface area contributed by atoms with Gasteiger partial charge < -0.3 is 10.1 Å². The molecule has 0 aliphatic heterocycles. The number of nitrogens with one attached hydrogen (secondary N) is 1. The average Bonchev–Trinajstić information content (AvgIpc) is 2.98. The predicted molar refractivity (Wildman–Crippen MR) is 144 cm³/mol. The summed E-state index contributed by atoms with van der Waals surface area (Å²) in [5.41, 5.74) is 3.29. The molecule has 0 radical (unpaired) electrons. The summed E-state index contributed by atoms with van der Waals surface area (Å²) < 4.78 is 5.37. The van der Waals surface area contributed by atoms with Gasteiger partial charge in [0, 0.05) is 40.0 Å². The average molecular weight is 514 g/mol. The molecule has 3 aromatic carbocycles. The topological polar surface area (TPSA) is 115 Å². The summed E-state index contributed by atoms with van der Waals surface area (Å²) >= 11 is 0. The molecule has 1 amide bonds. The fourth-order valence-corrected chi connectivity index (χ4v) is 4.66. The summed E-state index contributed by atoms with van der Waals surface area (Å²) in [4.78, 5) is 60.7. The highest BCUT2D eigenvalue weighted by molar-refractivity contribution is 6.30. The summed E-state index contributed by atoms with van der Waals surface area (Å²) in [6.45, 7) is -0.595. The van der Waals surface area contributed by atoms with Crippen molar-refractivity contribution in [1.29, 1.82) is 0 Å². The molecule has 0 atom stereocenters. The van der Waals surface area contributed by atoms with E-state index in [1.807, 2.05) is 6.07 Å². The Morgan fingerprint density at radius 2 is 1.46 bits per heavy atom. The van der Waals surface area contributed by atoms with E-state index in [1.54, 1.807) is 85.2 Å². The van der Waals surface area contributed by atoms with E-state index in [0.29, 0.717) is 22.2 Å². The molecule has 0 unspecified atom stereocenters. The van der Waals surface area contributed by atoms with Gasteiger partial charge in [0.25, 0.3) is 5.91 Å². The summed E-state index contributed by atoms with van der Waals surface area (Å²) in [6, 6.07) is 23.6. The third kappa shape index (κ3) is 4.34. The maximum atomic E-state index is 13.2. The number of para-hydroxylation sites is 1. The molecule has 8 nitrogen and oxygen atoms in total. The Balaban J connectivity index is 1.23. The normalized spacial score (nSPS) is 12.0. The Morgan fingerprint density at radius 3 is 2.26 bits per heavy atom. The highest BCUT2D eigenvalue weighted by Crippen LogP contribution is 2.32. The van der Waals surface area contributed by atoms with Crippen molar-refractivity contribution < 1.29 is 23.9 Å². The molecule has 0 saturated heterocycles. The van der Waals surface area contributed by atoms with Crippen LogP contribution in [0.4, 0.5) is 5.69 Å². The van der Waals surface area contributed by atoms with Crippen molar-refractivity contribution in [3.63, 3.8) is 0 Å². The highest BCUT2D eigenvalue weighted by atomic mass is 16.5. The van der Waals surface area contributed by atoms with Crippen LogP contribution in [0, 0.1) is 0 Å². The molecule has 0 saturated carbocycles. The van der Waals surface area contributed by atoms with Gasteiger partial charge in [-0.15, -0.1) is 0 Å². The minimum Gasteiger partial charge on any atom is -0.452 e. The number of fused-ring (bicyclic) bond motifs is 3. The molecular formula is C31H19N3O5. The molecule has 188 valence electrons. The Bertz CT molecular complexity index is 1810. The SMILES string of the molecule is O=C(COC(=O)c1cc(-c2ccncc2)nc2ccccc12)Nc1cccc2c1C(=O)c1ccccc1C2=O. The maximum absolute atomic E-state index is 13.2. The van der Waals surface area contributed by atoms with E-state index in [-0.39, 0.29) is 39.5 Å². The minimum absolute atomic E-state index is 0.114. The molecule has 2 aromatic heterocycles. The van der Waals surface area contributed by atoms with Gasteiger partial charge in [0.05, 0.1) is 28.0 Å². The van der Waals surface area contributed by atoms with Crippen molar-refractivity contribution >= 4 is 40.0 Å². The quantitative estimate of drug-likeness (QED) is 0.327. The van der Waals surface area contributed by atoms with Crippen molar-refractivity contribution in [2.75, 3.05) is 11.9 Å². The lowest BCUT2D eigenvalue weighted by atomic mass is 9.83. The number of pyridine rings is 2. The van der Waals surface area contributed by atoms with Crippen LogP contribution in [0.5, 0.6) is 0 Å². The number of nitrogens with zero attached hydrogens (tertiary/aromatic N) is 2. The van der Waals surface area contributed by atoms with E-state index in [2.05, 4.69) is 15.3 Å². The minimum atomic E-state index is -0.700. The van der Waals surface area contributed by atoms with Gasteiger partial charge in [-0.2, -0.15) is 0 Å². The number of hydrogen-bond acceptors (Lipinski definition) is 7. The van der Waals surface area contributed by atoms with Crippen LogP contribution in [0.3, 0.4) is 0 Å². The first-order valence-corrected chi connectivity index (χ1v) is 12.1. The molecule has 1 aliphatic carbocycles. The Labute approximate surface area is 222 Å². The van der Waals surface area contributed by atoms with Crippen LogP contribution in [0.15, 0.2) is 97.3 Å². The smallest absolute Gasteiger partial charge is 0.339 e. The number of benzene rings is 3. The number of ketones is 2. The molecule has 5 aromatic rings. The summed E-state index contributed by atoms with van der Waals surface area (Å²) in [7, 11) is 0. The van der Waals surface area contributed by atoms with Gasteiger partial charge in [-0.05, 0) is 30.3 Å². The second-order valence-electron chi connectivity index (χ2n) is 8.86. The molecule has 1 N–H and O–H groups in total. The third-order valence-electron chi connectivity index (χ3n) is 6.47. The van der Waals surface area contributed by atoms with Crippen LogP contribution < -0.4 is 5.32 Å². The highest BCUT2D eigenvalue weighted by Gasteiger charge is 2.31. The number of carbonyl (C=O) groups excluding carboxylic acids is 4. The summed E-state index contributed by atoms with van der Waals surface area (Å²) in [6.07, 6.45) is 3.27. The summed E-state index contributed by atoms with van der Waals surface area (Å²) in [5, 5.41) is 3.21. The number of hydrogen-bond donors (Lipinski definition) is 1. The van der Waals surface area contributed by atoms with E-state index >= 15 is 0 Å². The van der Waals surface area contributed by atoms with Gasteiger partial charge in [-0.25, -0.2) is 9.78 Å². The van der Waals surface area contributed by atoms with Crippen LogP contribution in [0.1, 0.15) is 42.2 Å². The second kappa shape index (κ2) is 9.75. The zero-order chi connectivity index (χ0) is 26.9. The number of ether oxygens (including phenoxy) is 1. The standard InChI is InChI=1S/C31H19N3O5/c35-27(34-25-11-5-9-22-28(25)30(37)21-8-2-1-7-20(21)29(22)36)17-39-31(38)23-16-26(18-12-14-32-15-13-18)33-24-10-4-3-6-19(23)24/h1-16H,17H2,(H,34,35). The van der Waals surface area contributed by atoms with E-state index < -0.39 is 18.5 Å². The van der Waals surface area contributed by atoms with Crippen molar-refractivity contribution in [2.45, 2.75) is 0 Å². The van der Waals surface area contributed by atoms with Crippen molar-refractivity contribution in [2.24, 2.45) is 0 Å². The lowest BCUT2D eigenvalue weighted by Crippen LogP contribution is -2.26. The fourth-order valence-electron chi connectivity index (χ4n) is 4.66. The van der Waals surface area contributed by atoms with Crippen molar-refractivity contribution in [1.82, 2.24) is 9.97 Å². The van der Waals surface area contributed by atoms with Crippen LogP contribution >= 0.6 is 0 Å². The molecule has 6 rings (SSSR count). The number of amides is 1. The van der Waals surface area contributed by atoms with Crippen LogP contribution in [-0.2, 0) is 9.53 Å². The lowest BCUT2D eigenvalue weighted by Gasteiger charge is -2.20. The first-order chi connectivity index (χ1) is 19.0. The number of anilines is 1. The Kier molecular flexibility index (Phi) is 5.97. The lowest BCUT2D eigenvalue weighted by molar-refractivity contribution is -0.119. The molecule has 2 heterocycles. The Morgan fingerprint density at radius 1 is 0.769 bits per heavy atom. The monoisotopic (exact) mass is 513 g/mol. The third-order valence-corrected chi connectivity index (χ3v) is 6.47. The van der Waals surface area contributed by atoms with Crippen LogP contribution in [0.2, 0.25) is 0 Å². The second-order valence-corrected chi connectivity index (χ2v) is 8.86. The largest absolute Gasteiger partial charge is 0.452 e. The number of rotatable bonds is 5. The zero-order valence-corrected chi connectivity index (χ0v) is 20.4. The van der Waals surface area contributed by atoms with Gasteiger partial charge in [0.15, 0.2) is 18.2 Å². The fraction of sp³-hybridized carbons (Fsp3) is 0.0323. The van der Waals surface area contributed by atoms with Gasteiger partial charge in [0.1, 0.15) is 0 Å². The van der Waals surface area contributed by atoms with E-state index in [1.165, 1.54) is 6.07 Å². The first kappa shape index (κ1) is 23.9. The van der Waals surface area contributed by atoms with E-state index in [9.17, 15) is 19.2 Å². The van der Waals surface area contributed by atoms with Crippen molar-refractivity contribution in [3.05, 3.63) is 125 Å². The van der Waals surface area contributed by atoms with E-state index in [0.717, 1.165) is 5.56 Å². The molecule has 0 spiro atoms. The van der Waals surface area contributed by atoms with Crippen LogP contribution in [0.25, 0.3) is 22.2 Å². The van der Waals surface area contributed by atoms with E-state index in [4.69, 9.17) is 4.74 Å². The molecule has 1 aliphatic rings. The first-order valence-electron chi connectivity index (χ1n) is 12.1. The molecule has 0 bridgehead atoms. The molecule has 39 heavy (non-hydrogen) atoms. The summed E-state index contributed by atoms with van der Waals surface area (Å²) in [5.74, 6) is -2.00. The predicted octanol–water partition coefficient (Wildman–Crippen LogP) is 4.87. The van der Waals surface area contributed by atoms with Crippen LogP contribution in [-0.4, -0.2) is 40.0 Å². The van der Waals surface area contributed by atoms with Gasteiger partial charge >= 0.3 is 5.97 Å².